The van der Waals surface area contributed by atoms with E-state index >= 15 is 0 Å². The van der Waals surface area contributed by atoms with Gasteiger partial charge in [0.1, 0.15) is 24.4 Å². The first-order valence-electron chi connectivity index (χ1n) is 11.2. The molecule has 1 heterocycles. The fourth-order valence-corrected chi connectivity index (χ4v) is 3.10. The van der Waals surface area contributed by atoms with Crippen molar-refractivity contribution >= 4 is 5.91 Å². The van der Waals surface area contributed by atoms with Gasteiger partial charge in [-0.15, -0.1) is 0 Å². The number of amides is 1. The van der Waals surface area contributed by atoms with Crippen LogP contribution in [-0.2, 0) is 14.3 Å². The predicted molar refractivity (Wildman–Crippen MR) is 120 cm³/mol. The van der Waals surface area contributed by atoms with E-state index in [4.69, 9.17) is 9.47 Å². The molecule has 7 unspecified atom stereocenters. The SMILES string of the molecule is C/C=C/CC/C=C/CC/C=C/C(O)C(COC1OC(CO)C(O)C(O)C1O)NC(=O)CC. The van der Waals surface area contributed by atoms with Crippen molar-refractivity contribution in [1.29, 1.82) is 0 Å². The fourth-order valence-electron chi connectivity index (χ4n) is 3.10. The summed E-state index contributed by atoms with van der Waals surface area (Å²) in [5, 5.41) is 52.2. The van der Waals surface area contributed by atoms with Crippen molar-refractivity contribution in [3.05, 3.63) is 36.5 Å². The average Bonchev–Trinajstić information content (AvgIpc) is 2.79. The number of carbonyl (C=O) groups is 1. The summed E-state index contributed by atoms with van der Waals surface area (Å²) in [5.41, 5.74) is 0. The first-order valence-corrected chi connectivity index (χ1v) is 11.2. The van der Waals surface area contributed by atoms with Crippen LogP contribution in [0.1, 0.15) is 46.0 Å². The topological polar surface area (TPSA) is 149 Å². The molecule has 0 aromatic heterocycles. The zero-order chi connectivity index (χ0) is 23.9. The maximum atomic E-state index is 11.9. The molecule has 9 heteroatoms. The summed E-state index contributed by atoms with van der Waals surface area (Å²) >= 11 is 0. The van der Waals surface area contributed by atoms with Crippen molar-refractivity contribution in [2.75, 3.05) is 13.2 Å². The van der Waals surface area contributed by atoms with Crippen molar-refractivity contribution in [2.24, 2.45) is 0 Å². The smallest absolute Gasteiger partial charge is 0.220 e. The summed E-state index contributed by atoms with van der Waals surface area (Å²) in [6, 6.07) is -0.817. The molecular weight excluding hydrogens is 418 g/mol. The quantitative estimate of drug-likeness (QED) is 0.161. The molecule has 0 aromatic rings. The van der Waals surface area contributed by atoms with Crippen LogP contribution in [0.25, 0.3) is 0 Å². The summed E-state index contributed by atoms with van der Waals surface area (Å²) in [5.74, 6) is -0.288. The van der Waals surface area contributed by atoms with Gasteiger partial charge in [-0.2, -0.15) is 0 Å². The molecule has 1 saturated heterocycles. The van der Waals surface area contributed by atoms with E-state index < -0.39 is 49.5 Å². The molecule has 6 N–H and O–H groups in total. The van der Waals surface area contributed by atoms with E-state index in [1.54, 1.807) is 13.0 Å². The minimum atomic E-state index is -1.56. The Morgan fingerprint density at radius 1 is 1.03 bits per heavy atom. The molecular formula is C23H39NO8. The van der Waals surface area contributed by atoms with Gasteiger partial charge in [-0.3, -0.25) is 4.79 Å². The number of allylic oxidation sites excluding steroid dienone is 5. The molecule has 184 valence electrons. The van der Waals surface area contributed by atoms with Crippen LogP contribution in [0.4, 0.5) is 0 Å². The molecule has 0 spiro atoms. The van der Waals surface area contributed by atoms with E-state index in [-0.39, 0.29) is 18.9 Å². The Kier molecular flexibility index (Phi) is 14.3. The third-order valence-electron chi connectivity index (χ3n) is 5.10. The monoisotopic (exact) mass is 457 g/mol. The highest BCUT2D eigenvalue weighted by Crippen LogP contribution is 2.22. The van der Waals surface area contributed by atoms with E-state index in [9.17, 15) is 30.3 Å². The van der Waals surface area contributed by atoms with E-state index in [2.05, 4.69) is 23.5 Å². The van der Waals surface area contributed by atoms with Crippen molar-refractivity contribution in [2.45, 2.75) is 88.8 Å². The van der Waals surface area contributed by atoms with Gasteiger partial charge in [0.05, 0.1) is 25.4 Å². The fraction of sp³-hybridized carbons (Fsp3) is 0.696. The van der Waals surface area contributed by atoms with Gasteiger partial charge in [-0.25, -0.2) is 0 Å². The van der Waals surface area contributed by atoms with Crippen LogP contribution >= 0.6 is 0 Å². The summed E-state index contributed by atoms with van der Waals surface area (Å²) in [7, 11) is 0. The summed E-state index contributed by atoms with van der Waals surface area (Å²) in [6.07, 6.45) is 7.38. The van der Waals surface area contributed by atoms with Gasteiger partial charge in [-0.1, -0.05) is 43.4 Å². The van der Waals surface area contributed by atoms with Gasteiger partial charge >= 0.3 is 0 Å². The number of carbonyl (C=O) groups excluding carboxylic acids is 1. The highest BCUT2D eigenvalue weighted by Gasteiger charge is 2.44. The lowest BCUT2D eigenvalue weighted by molar-refractivity contribution is -0.302. The molecule has 0 bridgehead atoms. The molecule has 0 radical (unpaired) electrons. The summed E-state index contributed by atoms with van der Waals surface area (Å²) in [6.45, 7) is 2.88. The van der Waals surface area contributed by atoms with Crippen LogP contribution in [0.15, 0.2) is 36.5 Å². The maximum Gasteiger partial charge on any atom is 0.220 e. The van der Waals surface area contributed by atoms with Crippen molar-refractivity contribution in [1.82, 2.24) is 5.32 Å². The van der Waals surface area contributed by atoms with Gasteiger partial charge < -0.3 is 40.3 Å². The zero-order valence-corrected chi connectivity index (χ0v) is 18.9. The molecule has 32 heavy (non-hydrogen) atoms. The number of unbranched alkanes of at least 4 members (excludes halogenated alkanes) is 2. The van der Waals surface area contributed by atoms with Gasteiger partial charge in [-0.05, 0) is 32.6 Å². The second-order valence-electron chi connectivity index (χ2n) is 7.67. The minimum Gasteiger partial charge on any atom is -0.394 e. The molecule has 1 fully saturated rings. The second-order valence-corrected chi connectivity index (χ2v) is 7.67. The summed E-state index contributed by atoms with van der Waals surface area (Å²) < 4.78 is 10.8. The van der Waals surface area contributed by atoms with Gasteiger partial charge in [0, 0.05) is 6.42 Å². The lowest BCUT2D eigenvalue weighted by Crippen LogP contribution is -2.60. The van der Waals surface area contributed by atoms with Crippen LogP contribution in [0.2, 0.25) is 0 Å². The number of rotatable bonds is 14. The first-order chi connectivity index (χ1) is 15.3. The Balaban J connectivity index is 2.60. The van der Waals surface area contributed by atoms with Crippen LogP contribution in [0, 0.1) is 0 Å². The molecule has 0 aliphatic carbocycles. The van der Waals surface area contributed by atoms with Crippen LogP contribution in [0.5, 0.6) is 0 Å². The number of hydrogen-bond acceptors (Lipinski definition) is 8. The van der Waals surface area contributed by atoms with Crippen LogP contribution in [0.3, 0.4) is 0 Å². The minimum absolute atomic E-state index is 0.213. The van der Waals surface area contributed by atoms with E-state index in [0.717, 1.165) is 25.7 Å². The first kappa shape index (κ1) is 28.4. The molecule has 1 rings (SSSR count). The molecule has 0 aromatic carbocycles. The molecule has 1 amide bonds. The standard InChI is InChI=1S/C23H39NO8/c1-3-5-6-7-8-9-10-11-12-13-17(26)16(24-19(27)4-2)15-31-23-22(30)21(29)20(28)18(14-25)32-23/h3,5,8-9,12-13,16-18,20-23,25-26,28-30H,4,6-7,10-11,14-15H2,1-2H3,(H,24,27)/b5-3+,9-8+,13-12+. The van der Waals surface area contributed by atoms with Gasteiger partial charge in [0.2, 0.25) is 5.91 Å². The number of aliphatic hydroxyl groups is 5. The molecule has 1 aliphatic rings. The Labute approximate surface area is 190 Å². The van der Waals surface area contributed by atoms with E-state index in [0.29, 0.717) is 0 Å². The average molecular weight is 458 g/mol. The Hall–Kier alpha value is -1.59. The van der Waals surface area contributed by atoms with Crippen molar-refractivity contribution in [3.63, 3.8) is 0 Å². The molecule has 1 aliphatic heterocycles. The number of nitrogens with one attached hydrogen (secondary N) is 1. The van der Waals surface area contributed by atoms with Crippen LogP contribution < -0.4 is 5.32 Å². The Bertz CT molecular complexity index is 607. The molecule has 9 nitrogen and oxygen atoms in total. The highest BCUT2D eigenvalue weighted by molar-refractivity contribution is 5.75. The number of aliphatic hydroxyl groups excluding tert-OH is 5. The zero-order valence-electron chi connectivity index (χ0n) is 18.9. The van der Waals surface area contributed by atoms with E-state index in [1.165, 1.54) is 0 Å². The third kappa shape index (κ3) is 9.91. The van der Waals surface area contributed by atoms with Gasteiger partial charge in [0.15, 0.2) is 6.29 Å². The molecule has 0 saturated carbocycles. The van der Waals surface area contributed by atoms with Crippen molar-refractivity contribution in [3.8, 4) is 0 Å². The largest absolute Gasteiger partial charge is 0.394 e. The second kappa shape index (κ2) is 16.1. The normalized spacial score (nSPS) is 28.5. The highest BCUT2D eigenvalue weighted by atomic mass is 16.7. The Morgan fingerprint density at radius 3 is 2.25 bits per heavy atom. The Morgan fingerprint density at radius 2 is 1.66 bits per heavy atom. The van der Waals surface area contributed by atoms with Gasteiger partial charge in [0.25, 0.3) is 0 Å². The lowest BCUT2D eigenvalue weighted by atomic mass is 9.99. The number of ether oxygens (including phenoxy) is 2. The lowest BCUT2D eigenvalue weighted by Gasteiger charge is -2.40. The predicted octanol–water partition coefficient (Wildman–Crippen LogP) is 0.307. The third-order valence-corrected chi connectivity index (χ3v) is 5.10. The summed E-state index contributed by atoms with van der Waals surface area (Å²) in [4.78, 5) is 11.9. The van der Waals surface area contributed by atoms with Crippen LogP contribution in [-0.4, -0.2) is 87.5 Å². The maximum absolute atomic E-state index is 11.9. The van der Waals surface area contributed by atoms with E-state index in [1.807, 2.05) is 19.1 Å². The van der Waals surface area contributed by atoms with Crippen molar-refractivity contribution < 1.29 is 39.8 Å². The number of hydrogen-bond donors (Lipinski definition) is 6. The molecule has 7 atom stereocenters.